The lowest BCUT2D eigenvalue weighted by molar-refractivity contribution is 0.656. The average Bonchev–Trinajstić information content (AvgIpc) is 1.91. The maximum Gasteiger partial charge on any atom is 0.0831 e. The van der Waals surface area contributed by atoms with Crippen LogP contribution in [0.5, 0.6) is 0 Å². The van der Waals surface area contributed by atoms with Crippen molar-refractivity contribution in [1.29, 1.82) is 10.8 Å². The Morgan fingerprint density at radius 1 is 0.900 bits per heavy atom. The summed E-state index contributed by atoms with van der Waals surface area (Å²) in [6.45, 7) is 4.49. The number of rotatable bonds is 4. The Morgan fingerprint density at radius 2 is 1.20 bits per heavy atom. The Labute approximate surface area is 63.7 Å². The zero-order valence-electron chi connectivity index (χ0n) is 7.04. The molecule has 0 aliphatic heterocycles. The van der Waals surface area contributed by atoms with E-state index in [0.717, 1.165) is 0 Å². The summed E-state index contributed by atoms with van der Waals surface area (Å²) in [5, 5.41) is 11.2. The van der Waals surface area contributed by atoms with Crippen molar-refractivity contribution in [2.24, 2.45) is 0 Å². The SMILES string of the molecule is CCCCCCC.N=C=N. The van der Waals surface area contributed by atoms with Gasteiger partial charge in [0.2, 0.25) is 0 Å². The molecule has 0 saturated carbocycles. The van der Waals surface area contributed by atoms with Crippen molar-refractivity contribution >= 4 is 6.01 Å². The first kappa shape index (κ1) is 12.1. The predicted octanol–water partition coefficient (Wildman–Crippen LogP) is 3.29. The minimum absolute atomic E-state index is 1.25. The number of nitrogens with one attached hydrogen (secondary N) is 2. The van der Waals surface area contributed by atoms with Gasteiger partial charge in [-0.2, -0.15) is 0 Å². The molecule has 0 bridgehead atoms. The lowest BCUT2D eigenvalue weighted by Crippen LogP contribution is -1.70. The Hall–Kier alpha value is -0.620. The van der Waals surface area contributed by atoms with Crippen LogP contribution >= 0.6 is 0 Å². The highest BCUT2D eigenvalue weighted by molar-refractivity contribution is 5.29. The predicted molar refractivity (Wildman–Crippen MR) is 44.9 cm³/mol. The fourth-order valence-corrected chi connectivity index (χ4v) is 0.677. The molecule has 2 heteroatoms. The lowest BCUT2D eigenvalue weighted by Gasteiger charge is -1.90. The third-order valence-corrected chi connectivity index (χ3v) is 1.21. The molecule has 0 aliphatic carbocycles. The molecule has 60 valence electrons. The second-order valence-electron chi connectivity index (χ2n) is 2.19. The van der Waals surface area contributed by atoms with E-state index in [1.165, 1.54) is 38.1 Å². The summed E-state index contributed by atoms with van der Waals surface area (Å²) in [6.07, 6.45) is 7.01. The van der Waals surface area contributed by atoms with Crippen molar-refractivity contribution in [3.63, 3.8) is 0 Å². The Balaban J connectivity index is 0. The maximum absolute atomic E-state index is 5.62. The Kier molecular flexibility index (Phi) is 19.1. The van der Waals surface area contributed by atoms with Gasteiger partial charge in [0.05, 0.1) is 6.01 Å². The first-order valence-electron chi connectivity index (χ1n) is 3.91. The van der Waals surface area contributed by atoms with E-state index in [-0.39, 0.29) is 0 Å². The topological polar surface area (TPSA) is 47.7 Å². The summed E-state index contributed by atoms with van der Waals surface area (Å²) >= 11 is 0. The highest BCUT2D eigenvalue weighted by Gasteiger charge is 1.80. The van der Waals surface area contributed by atoms with Crippen molar-refractivity contribution in [2.75, 3.05) is 0 Å². The number of hydrogen-bond donors (Lipinski definition) is 2. The molecule has 0 radical (unpaired) electrons. The van der Waals surface area contributed by atoms with Crippen LogP contribution in [0.15, 0.2) is 0 Å². The largest absolute Gasteiger partial charge is 0.242 e. The van der Waals surface area contributed by atoms with Crippen LogP contribution in [0.1, 0.15) is 46.0 Å². The monoisotopic (exact) mass is 142 g/mol. The van der Waals surface area contributed by atoms with E-state index in [4.69, 9.17) is 10.8 Å². The van der Waals surface area contributed by atoms with Crippen molar-refractivity contribution in [2.45, 2.75) is 46.0 Å². The maximum atomic E-state index is 5.62. The van der Waals surface area contributed by atoms with E-state index in [0.29, 0.717) is 0 Å². The van der Waals surface area contributed by atoms with Crippen LogP contribution in [0.25, 0.3) is 0 Å². The van der Waals surface area contributed by atoms with Gasteiger partial charge in [-0.3, -0.25) is 0 Å². The summed E-state index contributed by atoms with van der Waals surface area (Å²) in [5.41, 5.74) is 0. The van der Waals surface area contributed by atoms with E-state index in [9.17, 15) is 0 Å². The number of hydrogen-bond acceptors (Lipinski definition) is 2. The molecule has 0 rings (SSSR count). The quantitative estimate of drug-likeness (QED) is 0.447. The molecule has 0 aliphatic rings. The Bertz CT molecular complexity index is 69.3. The van der Waals surface area contributed by atoms with E-state index < -0.39 is 0 Å². The van der Waals surface area contributed by atoms with Gasteiger partial charge in [-0.1, -0.05) is 46.0 Å². The van der Waals surface area contributed by atoms with Gasteiger partial charge >= 0.3 is 0 Å². The van der Waals surface area contributed by atoms with Gasteiger partial charge in [-0.15, -0.1) is 0 Å². The molecule has 0 atom stereocenters. The van der Waals surface area contributed by atoms with Crippen LogP contribution in [-0.2, 0) is 0 Å². The van der Waals surface area contributed by atoms with Crippen LogP contribution in [-0.4, -0.2) is 6.01 Å². The highest BCUT2D eigenvalue weighted by atomic mass is 14.4. The molecule has 0 unspecified atom stereocenters. The van der Waals surface area contributed by atoms with Crippen molar-refractivity contribution in [1.82, 2.24) is 0 Å². The van der Waals surface area contributed by atoms with E-state index in [1.807, 2.05) is 0 Å². The van der Waals surface area contributed by atoms with Gasteiger partial charge in [0, 0.05) is 0 Å². The average molecular weight is 142 g/mol. The third kappa shape index (κ3) is 26.3. The Morgan fingerprint density at radius 3 is 1.40 bits per heavy atom. The van der Waals surface area contributed by atoms with Gasteiger partial charge in [-0.25, -0.2) is 10.8 Å². The van der Waals surface area contributed by atoms with E-state index >= 15 is 0 Å². The van der Waals surface area contributed by atoms with Gasteiger partial charge in [0.1, 0.15) is 0 Å². The second-order valence-corrected chi connectivity index (χ2v) is 2.19. The molecular weight excluding hydrogens is 124 g/mol. The minimum Gasteiger partial charge on any atom is -0.242 e. The molecule has 10 heavy (non-hydrogen) atoms. The van der Waals surface area contributed by atoms with Crippen LogP contribution in [0.3, 0.4) is 0 Å². The zero-order valence-corrected chi connectivity index (χ0v) is 7.04. The summed E-state index contributed by atoms with van der Waals surface area (Å²) in [6, 6.07) is 1.25. The molecule has 0 aromatic heterocycles. The van der Waals surface area contributed by atoms with Gasteiger partial charge in [0.15, 0.2) is 0 Å². The van der Waals surface area contributed by atoms with Gasteiger partial charge < -0.3 is 0 Å². The standard InChI is InChI=1S/C7H16.CH2N2/c1-3-5-7-6-4-2;2-1-3/h3-7H2,1-2H3;2-3H. The van der Waals surface area contributed by atoms with Crippen molar-refractivity contribution in [3.05, 3.63) is 0 Å². The molecule has 0 amide bonds. The summed E-state index contributed by atoms with van der Waals surface area (Å²) in [5.74, 6) is 0. The van der Waals surface area contributed by atoms with E-state index in [1.54, 1.807) is 0 Å². The fourth-order valence-electron chi connectivity index (χ4n) is 0.677. The first-order chi connectivity index (χ1) is 4.83. The summed E-state index contributed by atoms with van der Waals surface area (Å²) in [4.78, 5) is 0. The molecular formula is C8H18N2. The summed E-state index contributed by atoms with van der Waals surface area (Å²) in [7, 11) is 0. The smallest absolute Gasteiger partial charge is 0.0831 e. The van der Waals surface area contributed by atoms with Crippen LogP contribution in [0, 0.1) is 10.8 Å². The molecule has 0 heterocycles. The van der Waals surface area contributed by atoms with Gasteiger partial charge in [0.25, 0.3) is 0 Å². The lowest BCUT2D eigenvalue weighted by atomic mass is 10.2. The molecule has 0 aromatic carbocycles. The van der Waals surface area contributed by atoms with Crippen molar-refractivity contribution < 1.29 is 0 Å². The third-order valence-electron chi connectivity index (χ3n) is 1.21. The van der Waals surface area contributed by atoms with Crippen LogP contribution in [0.2, 0.25) is 0 Å². The molecule has 0 saturated heterocycles. The fraction of sp³-hybridized carbons (Fsp3) is 0.875. The van der Waals surface area contributed by atoms with Gasteiger partial charge in [-0.05, 0) is 0 Å². The molecule has 2 N–H and O–H groups in total. The second kappa shape index (κ2) is 15.8. The molecule has 0 aromatic rings. The zero-order chi connectivity index (χ0) is 8.24. The first-order valence-corrected chi connectivity index (χ1v) is 3.91. The molecule has 0 fully saturated rings. The summed E-state index contributed by atoms with van der Waals surface area (Å²) < 4.78 is 0. The normalized spacial score (nSPS) is 7.40. The van der Waals surface area contributed by atoms with E-state index in [2.05, 4.69) is 13.8 Å². The number of unbranched alkanes of at least 4 members (excludes halogenated alkanes) is 4. The highest BCUT2D eigenvalue weighted by Crippen LogP contribution is 2.00. The molecule has 2 nitrogen and oxygen atoms in total. The van der Waals surface area contributed by atoms with Crippen LogP contribution in [0.4, 0.5) is 0 Å². The van der Waals surface area contributed by atoms with Crippen LogP contribution < -0.4 is 0 Å². The minimum atomic E-state index is 1.25. The van der Waals surface area contributed by atoms with Crippen molar-refractivity contribution in [3.8, 4) is 0 Å². The molecule has 0 spiro atoms.